The van der Waals surface area contributed by atoms with Gasteiger partial charge in [0.25, 0.3) is 0 Å². The number of hydrogen-bond acceptors (Lipinski definition) is 5. The first-order valence-electron chi connectivity index (χ1n) is 8.48. The van der Waals surface area contributed by atoms with Crippen molar-refractivity contribution in [2.75, 3.05) is 20.6 Å². The molecule has 2 N–H and O–H groups in total. The first-order chi connectivity index (χ1) is 13.3. The van der Waals surface area contributed by atoms with Gasteiger partial charge in [0, 0.05) is 12.6 Å². The second-order valence-corrected chi connectivity index (χ2v) is 8.57. The van der Waals surface area contributed by atoms with Crippen LogP contribution in [-0.4, -0.2) is 78.7 Å². The van der Waals surface area contributed by atoms with Gasteiger partial charge in [0.2, 0.25) is 10.0 Å². The van der Waals surface area contributed by atoms with Crippen LogP contribution in [0.5, 0.6) is 0 Å². The van der Waals surface area contributed by atoms with E-state index in [4.69, 9.17) is 9.90 Å². The van der Waals surface area contributed by atoms with E-state index in [9.17, 15) is 31.5 Å². The number of halogens is 3. The van der Waals surface area contributed by atoms with Crippen LogP contribution < -0.4 is 0 Å². The minimum Gasteiger partial charge on any atom is -0.480 e. The first kappa shape index (κ1) is 24.9. The van der Waals surface area contributed by atoms with Crippen LogP contribution in [0.2, 0.25) is 0 Å². The average Bonchev–Trinajstić information content (AvgIpc) is 2.61. The number of piperidine rings is 1. The van der Waals surface area contributed by atoms with Crippen LogP contribution >= 0.6 is 0 Å². The largest absolute Gasteiger partial charge is 0.490 e. The molecule has 0 aromatic heterocycles. The molecule has 29 heavy (non-hydrogen) atoms. The highest BCUT2D eigenvalue weighted by molar-refractivity contribution is 7.88. The van der Waals surface area contributed by atoms with Crippen LogP contribution in [-0.2, 0) is 25.4 Å². The molecule has 0 saturated carbocycles. The summed E-state index contributed by atoms with van der Waals surface area (Å²) >= 11 is 0. The van der Waals surface area contributed by atoms with Crippen LogP contribution in [0.4, 0.5) is 13.2 Å². The molecule has 0 bridgehead atoms. The molecule has 1 fully saturated rings. The lowest BCUT2D eigenvalue weighted by atomic mass is 9.99. The van der Waals surface area contributed by atoms with E-state index in [1.165, 1.54) is 0 Å². The predicted molar refractivity (Wildman–Crippen MR) is 97.6 cm³/mol. The molecule has 1 aliphatic heterocycles. The zero-order valence-corrected chi connectivity index (χ0v) is 16.7. The van der Waals surface area contributed by atoms with Crippen molar-refractivity contribution in [3.63, 3.8) is 0 Å². The first-order valence-corrected chi connectivity index (χ1v) is 10.1. The Morgan fingerprint density at radius 2 is 1.69 bits per heavy atom. The summed E-state index contributed by atoms with van der Waals surface area (Å²) < 4.78 is 58.1. The van der Waals surface area contributed by atoms with Gasteiger partial charge in [-0.2, -0.15) is 17.5 Å². The van der Waals surface area contributed by atoms with Gasteiger partial charge in [-0.1, -0.05) is 30.3 Å². The molecule has 1 aliphatic rings. The Morgan fingerprint density at radius 1 is 1.17 bits per heavy atom. The highest BCUT2D eigenvalue weighted by atomic mass is 32.2. The number of carboxylic acids is 2. The fourth-order valence-electron chi connectivity index (χ4n) is 2.82. The summed E-state index contributed by atoms with van der Waals surface area (Å²) in [5, 5.41) is 16.5. The number of benzene rings is 1. The number of sulfonamides is 1. The summed E-state index contributed by atoms with van der Waals surface area (Å²) in [6, 6.07) is 7.94. The Labute approximate surface area is 166 Å². The van der Waals surface area contributed by atoms with Crippen molar-refractivity contribution >= 4 is 22.0 Å². The maximum Gasteiger partial charge on any atom is 0.490 e. The minimum absolute atomic E-state index is 0.0873. The summed E-state index contributed by atoms with van der Waals surface area (Å²) in [5.74, 6) is -4.00. The van der Waals surface area contributed by atoms with Crippen LogP contribution in [0.15, 0.2) is 30.3 Å². The van der Waals surface area contributed by atoms with Crippen molar-refractivity contribution in [3.8, 4) is 0 Å². The fourth-order valence-corrected chi connectivity index (χ4v) is 4.55. The Kier molecular flexibility index (Phi) is 8.60. The highest BCUT2D eigenvalue weighted by Gasteiger charge is 2.40. The summed E-state index contributed by atoms with van der Waals surface area (Å²) in [6.45, 7) is 0.245. The third kappa shape index (κ3) is 7.63. The molecule has 1 aromatic carbocycles. The molecule has 2 atom stereocenters. The number of alkyl halides is 3. The molecule has 1 heterocycles. The van der Waals surface area contributed by atoms with Crippen LogP contribution in [0, 0.1) is 0 Å². The van der Waals surface area contributed by atoms with Gasteiger partial charge in [0.05, 0.1) is 5.75 Å². The molecule has 1 aromatic rings. The normalized spacial score (nSPS) is 20.6. The van der Waals surface area contributed by atoms with E-state index >= 15 is 0 Å². The summed E-state index contributed by atoms with van der Waals surface area (Å²) in [7, 11) is 0.128. The highest BCUT2D eigenvalue weighted by Crippen LogP contribution is 2.25. The smallest absolute Gasteiger partial charge is 0.480 e. The molecule has 0 spiro atoms. The summed E-state index contributed by atoms with van der Waals surface area (Å²) in [6.07, 6.45) is -4.12. The predicted octanol–water partition coefficient (Wildman–Crippen LogP) is 1.63. The second-order valence-electron chi connectivity index (χ2n) is 6.65. The Balaban J connectivity index is 0.000000516. The van der Waals surface area contributed by atoms with Crippen molar-refractivity contribution in [3.05, 3.63) is 35.9 Å². The van der Waals surface area contributed by atoms with Gasteiger partial charge in [-0.3, -0.25) is 4.79 Å². The number of carbonyl (C=O) groups is 2. The maximum absolute atomic E-state index is 12.6. The molecule has 2 unspecified atom stereocenters. The fraction of sp³-hybridized carbons (Fsp3) is 0.529. The summed E-state index contributed by atoms with van der Waals surface area (Å²) in [4.78, 5) is 22.4. The van der Waals surface area contributed by atoms with Gasteiger partial charge in [-0.15, -0.1) is 0 Å². The Morgan fingerprint density at radius 3 is 2.10 bits per heavy atom. The van der Waals surface area contributed by atoms with Gasteiger partial charge in [0.15, 0.2) is 0 Å². The van der Waals surface area contributed by atoms with E-state index in [1.54, 1.807) is 24.3 Å². The van der Waals surface area contributed by atoms with E-state index in [2.05, 4.69) is 0 Å². The summed E-state index contributed by atoms with van der Waals surface area (Å²) in [5.41, 5.74) is 0.668. The monoisotopic (exact) mass is 440 g/mol. The number of hydrogen-bond donors (Lipinski definition) is 2. The van der Waals surface area contributed by atoms with E-state index in [-0.39, 0.29) is 18.3 Å². The zero-order valence-electron chi connectivity index (χ0n) is 15.8. The van der Waals surface area contributed by atoms with E-state index < -0.39 is 34.2 Å². The van der Waals surface area contributed by atoms with Crippen LogP contribution in [0.25, 0.3) is 0 Å². The number of rotatable bonds is 5. The molecule has 1 saturated heterocycles. The minimum atomic E-state index is -5.08. The lowest BCUT2D eigenvalue weighted by Gasteiger charge is -2.38. The maximum atomic E-state index is 12.6. The number of carboxylic acid groups (broad SMARTS) is 2. The lowest BCUT2D eigenvalue weighted by molar-refractivity contribution is -0.192. The van der Waals surface area contributed by atoms with Crippen molar-refractivity contribution in [1.82, 2.24) is 9.21 Å². The average molecular weight is 440 g/mol. The standard InChI is InChI=1S/C15H22N2O4S.C2HF3O2/c1-16(2)13-8-9-17(14(10-13)15(18)19)22(20,21)11-12-6-4-3-5-7-12;3-2(4,5)1(6)7/h3-7,13-14H,8-11H2,1-2H3,(H,18,19);(H,6,7). The molecular weight excluding hydrogens is 417 g/mol. The van der Waals surface area contributed by atoms with E-state index in [0.717, 1.165) is 4.31 Å². The Bertz CT molecular complexity index is 799. The van der Waals surface area contributed by atoms with Gasteiger partial charge < -0.3 is 15.1 Å². The van der Waals surface area contributed by atoms with Gasteiger partial charge >= 0.3 is 18.1 Å². The van der Waals surface area contributed by atoms with Crippen LogP contribution in [0.1, 0.15) is 18.4 Å². The van der Waals surface area contributed by atoms with E-state index in [0.29, 0.717) is 18.4 Å². The van der Waals surface area contributed by atoms with Crippen molar-refractivity contribution in [1.29, 1.82) is 0 Å². The van der Waals surface area contributed by atoms with Crippen LogP contribution in [0.3, 0.4) is 0 Å². The van der Waals surface area contributed by atoms with Gasteiger partial charge in [-0.25, -0.2) is 13.2 Å². The van der Waals surface area contributed by atoms with Crippen molar-refractivity contribution in [2.45, 2.75) is 36.9 Å². The van der Waals surface area contributed by atoms with E-state index in [1.807, 2.05) is 25.1 Å². The number of nitrogens with zero attached hydrogens (tertiary/aromatic N) is 2. The molecule has 0 amide bonds. The third-order valence-electron chi connectivity index (χ3n) is 4.33. The van der Waals surface area contributed by atoms with Crippen molar-refractivity contribution in [2.24, 2.45) is 0 Å². The molecule has 164 valence electrons. The zero-order chi connectivity index (χ0) is 22.4. The SMILES string of the molecule is CN(C)C1CCN(S(=O)(=O)Cc2ccccc2)C(C(=O)O)C1.O=C(O)C(F)(F)F. The third-order valence-corrected chi connectivity index (χ3v) is 6.18. The van der Waals surface area contributed by atoms with Crippen molar-refractivity contribution < 1.29 is 41.4 Å². The van der Waals surface area contributed by atoms with Gasteiger partial charge in [0.1, 0.15) is 6.04 Å². The molecule has 0 radical (unpaired) electrons. The molecule has 0 aliphatic carbocycles. The molecule has 12 heteroatoms. The molecule has 8 nitrogen and oxygen atoms in total. The molecule has 2 rings (SSSR count). The Hall–Kier alpha value is -2.18. The topological polar surface area (TPSA) is 115 Å². The number of aliphatic carboxylic acids is 2. The molecular formula is C17H23F3N2O6S. The quantitative estimate of drug-likeness (QED) is 0.715. The lowest BCUT2D eigenvalue weighted by Crippen LogP contribution is -2.54. The second kappa shape index (κ2) is 10.0. The van der Waals surface area contributed by atoms with Gasteiger partial charge in [-0.05, 0) is 32.5 Å².